The molecule has 8 heteroatoms. The minimum Gasteiger partial charge on any atom is -0.492 e. The van der Waals surface area contributed by atoms with Gasteiger partial charge in [0, 0.05) is 30.1 Å². The summed E-state index contributed by atoms with van der Waals surface area (Å²) in [6, 6.07) is 7.55. The second-order valence-electron chi connectivity index (χ2n) is 7.28. The SMILES string of the molecule is COc1c2c(cc3c1[C@@H](C/C(=N\O)c1ccc4c(c1)OCO4)N(C)CC3)OCO2. The van der Waals surface area contributed by atoms with E-state index in [4.69, 9.17) is 23.7 Å². The molecule has 1 atom stereocenters. The lowest BCUT2D eigenvalue weighted by Gasteiger charge is -2.36. The van der Waals surface area contributed by atoms with Crippen LogP contribution < -0.4 is 23.7 Å². The first-order chi connectivity index (χ1) is 14.2. The first-order valence-electron chi connectivity index (χ1n) is 9.50. The van der Waals surface area contributed by atoms with E-state index in [1.807, 2.05) is 24.3 Å². The van der Waals surface area contributed by atoms with Crippen molar-refractivity contribution in [1.29, 1.82) is 0 Å². The van der Waals surface area contributed by atoms with Crippen LogP contribution in [0.15, 0.2) is 29.4 Å². The monoisotopic (exact) mass is 398 g/mol. The van der Waals surface area contributed by atoms with Crippen LogP contribution in [0.1, 0.15) is 29.2 Å². The van der Waals surface area contributed by atoms with E-state index in [2.05, 4.69) is 17.1 Å². The van der Waals surface area contributed by atoms with Crippen LogP contribution in [0.5, 0.6) is 28.7 Å². The van der Waals surface area contributed by atoms with Gasteiger partial charge in [0.05, 0.1) is 12.8 Å². The first-order valence-corrected chi connectivity index (χ1v) is 9.50. The highest BCUT2D eigenvalue weighted by atomic mass is 16.7. The molecule has 3 heterocycles. The van der Waals surface area contributed by atoms with Gasteiger partial charge in [-0.2, -0.15) is 0 Å². The van der Waals surface area contributed by atoms with Crippen LogP contribution in [-0.2, 0) is 6.42 Å². The Hall–Kier alpha value is -3.13. The Kier molecular flexibility index (Phi) is 4.35. The van der Waals surface area contributed by atoms with E-state index in [-0.39, 0.29) is 19.6 Å². The number of ether oxygens (including phenoxy) is 5. The van der Waals surface area contributed by atoms with Gasteiger partial charge in [-0.25, -0.2) is 0 Å². The van der Waals surface area contributed by atoms with Gasteiger partial charge < -0.3 is 28.9 Å². The lowest BCUT2D eigenvalue weighted by atomic mass is 9.87. The van der Waals surface area contributed by atoms with Crippen LogP contribution in [0.4, 0.5) is 0 Å². The summed E-state index contributed by atoms with van der Waals surface area (Å²) in [6.07, 6.45) is 1.38. The molecule has 3 aliphatic rings. The van der Waals surface area contributed by atoms with Gasteiger partial charge in [-0.3, -0.25) is 4.90 Å². The van der Waals surface area contributed by atoms with Crippen molar-refractivity contribution in [3.63, 3.8) is 0 Å². The standard InChI is InChI=1S/C21H22N2O6/c1-23-6-5-13-8-18-20(29-11-28-18)21(25-2)19(13)15(23)9-14(22-24)12-3-4-16-17(7-12)27-10-26-16/h3-4,7-8,15,24H,5-6,9-11H2,1-2H3/b22-14+/t15-/m1/s1. The molecule has 2 aromatic carbocycles. The zero-order valence-corrected chi connectivity index (χ0v) is 16.3. The second-order valence-corrected chi connectivity index (χ2v) is 7.28. The molecule has 0 fully saturated rings. The van der Waals surface area contributed by atoms with Gasteiger partial charge in [0.15, 0.2) is 23.0 Å². The molecule has 29 heavy (non-hydrogen) atoms. The fraction of sp³-hybridized carbons (Fsp3) is 0.381. The summed E-state index contributed by atoms with van der Waals surface area (Å²) >= 11 is 0. The Bertz CT molecular complexity index is 990. The number of nitrogens with zero attached hydrogens (tertiary/aromatic N) is 2. The fourth-order valence-electron chi connectivity index (χ4n) is 4.26. The topological polar surface area (TPSA) is 82.0 Å². The molecule has 0 saturated carbocycles. The van der Waals surface area contributed by atoms with Crippen molar-refractivity contribution in [3.8, 4) is 28.7 Å². The molecule has 3 aliphatic heterocycles. The number of benzene rings is 2. The van der Waals surface area contributed by atoms with Gasteiger partial charge >= 0.3 is 0 Å². The third-order valence-corrected chi connectivity index (χ3v) is 5.76. The van der Waals surface area contributed by atoms with E-state index in [0.29, 0.717) is 35.1 Å². The van der Waals surface area contributed by atoms with Crippen molar-refractivity contribution in [3.05, 3.63) is 41.0 Å². The molecule has 1 N–H and O–H groups in total. The zero-order chi connectivity index (χ0) is 20.0. The third kappa shape index (κ3) is 2.91. The Morgan fingerprint density at radius 3 is 2.76 bits per heavy atom. The number of hydrogen-bond donors (Lipinski definition) is 1. The molecule has 2 aromatic rings. The maximum atomic E-state index is 9.80. The molecule has 152 valence electrons. The molecular formula is C21H22N2O6. The quantitative estimate of drug-likeness (QED) is 0.482. The largest absolute Gasteiger partial charge is 0.492 e. The normalized spacial score (nSPS) is 19.9. The van der Waals surface area contributed by atoms with Gasteiger partial charge in [0.1, 0.15) is 0 Å². The lowest BCUT2D eigenvalue weighted by Crippen LogP contribution is -2.34. The van der Waals surface area contributed by atoms with Gasteiger partial charge in [-0.05, 0) is 43.3 Å². The predicted octanol–water partition coefficient (Wildman–Crippen LogP) is 2.95. The number of oxime groups is 1. The smallest absolute Gasteiger partial charge is 0.231 e. The van der Waals surface area contributed by atoms with E-state index >= 15 is 0 Å². The molecule has 0 radical (unpaired) electrons. The molecular weight excluding hydrogens is 376 g/mol. The lowest BCUT2D eigenvalue weighted by molar-refractivity contribution is 0.170. The Labute approximate surface area is 168 Å². The Morgan fingerprint density at radius 1 is 1.14 bits per heavy atom. The van der Waals surface area contributed by atoms with Crippen LogP contribution in [0.25, 0.3) is 0 Å². The van der Waals surface area contributed by atoms with Crippen LogP contribution in [0.2, 0.25) is 0 Å². The molecule has 0 aliphatic carbocycles. The van der Waals surface area contributed by atoms with Gasteiger partial charge in [-0.1, -0.05) is 5.16 Å². The molecule has 0 saturated heterocycles. The summed E-state index contributed by atoms with van der Waals surface area (Å²) in [4.78, 5) is 2.24. The van der Waals surface area contributed by atoms with Gasteiger partial charge in [0.2, 0.25) is 19.3 Å². The molecule has 0 amide bonds. The van der Waals surface area contributed by atoms with Crippen LogP contribution >= 0.6 is 0 Å². The summed E-state index contributed by atoms with van der Waals surface area (Å²) in [5.41, 5.74) is 3.56. The van der Waals surface area contributed by atoms with Gasteiger partial charge in [0.25, 0.3) is 0 Å². The second kappa shape index (κ2) is 7.04. The minimum atomic E-state index is -0.0421. The maximum Gasteiger partial charge on any atom is 0.231 e. The van der Waals surface area contributed by atoms with E-state index in [1.54, 1.807) is 7.11 Å². The number of hydrogen-bond acceptors (Lipinski definition) is 8. The highest BCUT2D eigenvalue weighted by molar-refractivity contribution is 6.01. The van der Waals surface area contributed by atoms with Crippen LogP contribution in [0, 0.1) is 0 Å². The van der Waals surface area contributed by atoms with Gasteiger partial charge in [-0.15, -0.1) is 0 Å². The maximum absolute atomic E-state index is 9.80. The summed E-state index contributed by atoms with van der Waals surface area (Å²) in [5, 5.41) is 13.4. The molecule has 0 unspecified atom stereocenters. The number of rotatable bonds is 4. The first kappa shape index (κ1) is 17.9. The third-order valence-electron chi connectivity index (χ3n) is 5.76. The highest BCUT2D eigenvalue weighted by Crippen LogP contribution is 2.50. The molecule has 5 rings (SSSR count). The number of fused-ring (bicyclic) bond motifs is 3. The van der Waals surface area contributed by atoms with E-state index in [0.717, 1.165) is 35.4 Å². The van der Waals surface area contributed by atoms with Crippen LogP contribution in [0.3, 0.4) is 0 Å². The fourth-order valence-corrected chi connectivity index (χ4v) is 4.26. The molecule has 0 bridgehead atoms. The summed E-state index contributed by atoms with van der Waals surface area (Å²) in [7, 11) is 3.70. The van der Waals surface area contributed by atoms with Crippen molar-refractivity contribution in [2.75, 3.05) is 34.3 Å². The summed E-state index contributed by atoms with van der Waals surface area (Å²) in [5.74, 6) is 3.39. The van der Waals surface area contributed by atoms with E-state index in [1.165, 1.54) is 0 Å². The highest BCUT2D eigenvalue weighted by Gasteiger charge is 2.35. The van der Waals surface area contributed by atoms with Crippen molar-refractivity contribution in [2.24, 2.45) is 5.16 Å². The number of methoxy groups -OCH3 is 1. The van der Waals surface area contributed by atoms with Crippen molar-refractivity contribution >= 4 is 5.71 Å². The average molecular weight is 398 g/mol. The summed E-state index contributed by atoms with van der Waals surface area (Å²) < 4.78 is 27.8. The Morgan fingerprint density at radius 2 is 1.93 bits per heavy atom. The van der Waals surface area contributed by atoms with Crippen molar-refractivity contribution in [1.82, 2.24) is 4.90 Å². The number of likely N-dealkylation sites (N-methyl/N-ethyl adjacent to an activating group) is 1. The minimum absolute atomic E-state index is 0.0421. The van der Waals surface area contributed by atoms with E-state index < -0.39 is 0 Å². The van der Waals surface area contributed by atoms with Crippen LogP contribution in [-0.4, -0.2) is 50.1 Å². The molecule has 0 spiro atoms. The average Bonchev–Trinajstić information content (AvgIpc) is 3.40. The Balaban J connectivity index is 1.53. The van der Waals surface area contributed by atoms with E-state index in [9.17, 15) is 5.21 Å². The molecule has 8 nitrogen and oxygen atoms in total. The molecule has 0 aromatic heterocycles. The zero-order valence-electron chi connectivity index (χ0n) is 16.3. The van der Waals surface area contributed by atoms with Crippen molar-refractivity contribution < 1.29 is 28.9 Å². The van der Waals surface area contributed by atoms with Crippen molar-refractivity contribution in [2.45, 2.75) is 18.9 Å². The predicted molar refractivity (Wildman–Crippen MR) is 104 cm³/mol. The summed E-state index contributed by atoms with van der Waals surface area (Å²) in [6.45, 7) is 1.27.